The number of hydrogen-bond acceptors (Lipinski definition) is 3. The molecule has 0 heterocycles. The first-order valence-corrected chi connectivity index (χ1v) is 6.79. The Balaban J connectivity index is 2.70. The Morgan fingerprint density at radius 3 is 2.58 bits per heavy atom. The van der Waals surface area contributed by atoms with Crippen molar-refractivity contribution >= 4 is 11.6 Å². The topological polar surface area (TPSA) is 35.6 Å². The molecule has 0 aromatic heterocycles. The van der Waals surface area contributed by atoms with Crippen LogP contribution in [0, 0.1) is 6.92 Å². The van der Waals surface area contributed by atoms with Crippen LogP contribution in [0.4, 0.5) is 5.69 Å². The molecule has 1 rings (SSSR count). The van der Waals surface area contributed by atoms with Gasteiger partial charge in [0.2, 0.25) is 5.91 Å². The van der Waals surface area contributed by atoms with Gasteiger partial charge in [-0.15, -0.1) is 0 Å². The largest absolute Gasteiger partial charge is 0.318 e. The van der Waals surface area contributed by atoms with Crippen molar-refractivity contribution in [1.82, 2.24) is 10.2 Å². The van der Waals surface area contributed by atoms with Crippen LogP contribution in [0.25, 0.3) is 0 Å². The van der Waals surface area contributed by atoms with E-state index in [2.05, 4.69) is 5.32 Å². The molecule has 0 spiro atoms. The highest BCUT2D eigenvalue weighted by molar-refractivity contribution is 5.95. The van der Waals surface area contributed by atoms with Crippen LogP contribution < -0.4 is 10.2 Å². The summed E-state index contributed by atoms with van der Waals surface area (Å²) in [6, 6.07) is 8.01. The molecule has 0 fully saturated rings. The number of amides is 1. The van der Waals surface area contributed by atoms with Gasteiger partial charge in [0.05, 0.1) is 6.54 Å². The monoisotopic (exact) mass is 263 g/mol. The van der Waals surface area contributed by atoms with Gasteiger partial charge in [-0.2, -0.15) is 0 Å². The molecule has 4 nitrogen and oxygen atoms in total. The van der Waals surface area contributed by atoms with Gasteiger partial charge in [-0.05, 0) is 39.6 Å². The Kier molecular flexibility index (Phi) is 6.53. The van der Waals surface area contributed by atoms with Crippen LogP contribution in [-0.2, 0) is 4.79 Å². The summed E-state index contributed by atoms with van der Waals surface area (Å²) < 4.78 is 0. The molecule has 0 aliphatic heterocycles. The summed E-state index contributed by atoms with van der Waals surface area (Å²) in [7, 11) is 3.89. The maximum atomic E-state index is 12.4. The average molecular weight is 263 g/mol. The first-order chi connectivity index (χ1) is 9.10. The maximum absolute atomic E-state index is 12.4. The number of aryl methyl sites for hydroxylation is 1. The molecule has 0 aliphatic rings. The molecule has 1 N–H and O–H groups in total. The normalized spacial score (nSPS) is 10.8. The van der Waals surface area contributed by atoms with Crippen molar-refractivity contribution < 1.29 is 4.79 Å². The Morgan fingerprint density at radius 1 is 1.32 bits per heavy atom. The molecular weight excluding hydrogens is 238 g/mol. The first-order valence-electron chi connectivity index (χ1n) is 6.79. The lowest BCUT2D eigenvalue weighted by Crippen LogP contribution is -2.41. The number of nitrogens with one attached hydrogen (secondary N) is 1. The van der Waals surface area contributed by atoms with E-state index in [-0.39, 0.29) is 5.91 Å². The number of benzene rings is 1. The van der Waals surface area contributed by atoms with E-state index in [0.717, 1.165) is 24.3 Å². The first kappa shape index (κ1) is 15.7. The van der Waals surface area contributed by atoms with Gasteiger partial charge >= 0.3 is 0 Å². The lowest BCUT2D eigenvalue weighted by Gasteiger charge is -2.25. The Bertz CT molecular complexity index is 406. The average Bonchev–Trinajstić information content (AvgIpc) is 2.39. The van der Waals surface area contributed by atoms with Gasteiger partial charge in [-0.3, -0.25) is 9.69 Å². The summed E-state index contributed by atoms with van der Waals surface area (Å²) in [5.41, 5.74) is 2.15. The molecule has 1 aromatic carbocycles. The minimum absolute atomic E-state index is 0.149. The molecule has 0 saturated carbocycles. The molecule has 0 bridgehead atoms. The predicted molar refractivity (Wildman–Crippen MR) is 80.6 cm³/mol. The summed E-state index contributed by atoms with van der Waals surface area (Å²) in [6.07, 6.45) is 0. The number of carbonyl (C=O) groups excluding carboxylic acids is 1. The molecule has 106 valence electrons. The van der Waals surface area contributed by atoms with Crippen molar-refractivity contribution in [3.63, 3.8) is 0 Å². The second kappa shape index (κ2) is 7.92. The maximum Gasteiger partial charge on any atom is 0.241 e. The lowest BCUT2D eigenvalue weighted by atomic mass is 10.2. The molecular formula is C15H25N3O. The number of rotatable bonds is 7. The highest BCUT2D eigenvalue weighted by Gasteiger charge is 2.16. The van der Waals surface area contributed by atoms with Crippen LogP contribution in [-0.4, -0.2) is 51.1 Å². The Morgan fingerprint density at radius 2 is 2.00 bits per heavy atom. The molecule has 0 unspecified atom stereocenters. The molecule has 1 amide bonds. The van der Waals surface area contributed by atoms with Crippen LogP contribution >= 0.6 is 0 Å². The zero-order valence-electron chi connectivity index (χ0n) is 12.4. The van der Waals surface area contributed by atoms with E-state index in [0.29, 0.717) is 13.1 Å². The summed E-state index contributed by atoms with van der Waals surface area (Å²) in [6.45, 7) is 6.95. The fourth-order valence-electron chi connectivity index (χ4n) is 2.05. The SMILES string of the molecule is CCN(C(=O)CN(C)CCNC)c1ccccc1C. The highest BCUT2D eigenvalue weighted by Crippen LogP contribution is 2.19. The zero-order chi connectivity index (χ0) is 14.3. The number of para-hydroxylation sites is 1. The molecule has 4 heteroatoms. The van der Waals surface area contributed by atoms with Crippen molar-refractivity contribution in [3.8, 4) is 0 Å². The van der Waals surface area contributed by atoms with Crippen LogP contribution in [0.1, 0.15) is 12.5 Å². The van der Waals surface area contributed by atoms with E-state index in [1.165, 1.54) is 0 Å². The fourth-order valence-corrected chi connectivity index (χ4v) is 2.05. The van der Waals surface area contributed by atoms with Crippen molar-refractivity contribution in [2.45, 2.75) is 13.8 Å². The minimum Gasteiger partial charge on any atom is -0.318 e. The fraction of sp³-hybridized carbons (Fsp3) is 0.533. The molecule has 0 aliphatic carbocycles. The van der Waals surface area contributed by atoms with Crippen LogP contribution in [0.15, 0.2) is 24.3 Å². The van der Waals surface area contributed by atoms with E-state index < -0.39 is 0 Å². The van der Waals surface area contributed by atoms with Crippen LogP contribution in [0.3, 0.4) is 0 Å². The minimum atomic E-state index is 0.149. The summed E-state index contributed by atoms with van der Waals surface area (Å²) in [4.78, 5) is 16.3. The summed E-state index contributed by atoms with van der Waals surface area (Å²) in [5, 5.41) is 3.09. The van der Waals surface area contributed by atoms with Crippen LogP contribution in [0.5, 0.6) is 0 Å². The standard InChI is InChI=1S/C15H25N3O/c1-5-18(14-9-7-6-8-13(14)2)15(19)12-17(4)11-10-16-3/h6-9,16H,5,10-12H2,1-4H3. The molecule has 0 saturated heterocycles. The van der Waals surface area contributed by atoms with Gasteiger partial charge < -0.3 is 10.2 Å². The third-order valence-corrected chi connectivity index (χ3v) is 3.17. The summed E-state index contributed by atoms with van der Waals surface area (Å²) in [5.74, 6) is 0.149. The van der Waals surface area contributed by atoms with Crippen molar-refractivity contribution in [2.75, 3.05) is 45.2 Å². The number of anilines is 1. The molecule has 0 radical (unpaired) electrons. The van der Waals surface area contributed by atoms with Crippen LogP contribution in [0.2, 0.25) is 0 Å². The number of carbonyl (C=O) groups is 1. The van der Waals surface area contributed by atoms with E-state index in [1.807, 2.05) is 62.0 Å². The van der Waals surface area contributed by atoms with Gasteiger partial charge in [0.25, 0.3) is 0 Å². The van der Waals surface area contributed by atoms with E-state index >= 15 is 0 Å². The highest BCUT2D eigenvalue weighted by atomic mass is 16.2. The smallest absolute Gasteiger partial charge is 0.241 e. The molecule has 0 atom stereocenters. The van der Waals surface area contributed by atoms with E-state index in [1.54, 1.807) is 0 Å². The van der Waals surface area contributed by atoms with E-state index in [4.69, 9.17) is 0 Å². The molecule has 19 heavy (non-hydrogen) atoms. The lowest BCUT2D eigenvalue weighted by molar-refractivity contribution is -0.119. The van der Waals surface area contributed by atoms with Crippen molar-refractivity contribution in [1.29, 1.82) is 0 Å². The second-order valence-electron chi connectivity index (χ2n) is 4.77. The number of likely N-dealkylation sites (N-methyl/N-ethyl adjacent to an activating group) is 3. The Hall–Kier alpha value is -1.39. The predicted octanol–water partition coefficient (Wildman–Crippen LogP) is 1.50. The van der Waals surface area contributed by atoms with Gasteiger partial charge in [-0.25, -0.2) is 0 Å². The van der Waals surface area contributed by atoms with Gasteiger partial charge in [-0.1, -0.05) is 18.2 Å². The van der Waals surface area contributed by atoms with E-state index in [9.17, 15) is 4.79 Å². The van der Waals surface area contributed by atoms with Crippen molar-refractivity contribution in [2.24, 2.45) is 0 Å². The zero-order valence-corrected chi connectivity index (χ0v) is 12.4. The molecule has 1 aromatic rings. The second-order valence-corrected chi connectivity index (χ2v) is 4.77. The Labute approximate surface area is 116 Å². The van der Waals surface area contributed by atoms with Gasteiger partial charge in [0, 0.05) is 25.3 Å². The van der Waals surface area contributed by atoms with Gasteiger partial charge in [0.1, 0.15) is 0 Å². The number of nitrogens with zero attached hydrogens (tertiary/aromatic N) is 2. The quantitative estimate of drug-likeness (QED) is 0.810. The third kappa shape index (κ3) is 4.65. The third-order valence-electron chi connectivity index (χ3n) is 3.17. The summed E-state index contributed by atoms with van der Waals surface area (Å²) >= 11 is 0. The van der Waals surface area contributed by atoms with Gasteiger partial charge in [0.15, 0.2) is 0 Å². The number of hydrogen-bond donors (Lipinski definition) is 1. The van der Waals surface area contributed by atoms with Crippen molar-refractivity contribution in [3.05, 3.63) is 29.8 Å².